The summed E-state index contributed by atoms with van der Waals surface area (Å²) in [5, 5.41) is 0. The smallest absolute Gasteiger partial charge is 0.160 e. The van der Waals surface area contributed by atoms with Crippen molar-refractivity contribution in [3.05, 3.63) is 36.4 Å². The van der Waals surface area contributed by atoms with Gasteiger partial charge in [-0.1, -0.05) is 12.1 Å². The first-order valence-corrected chi connectivity index (χ1v) is 3.93. The van der Waals surface area contributed by atoms with E-state index in [9.17, 15) is 0 Å². The fourth-order valence-electron chi connectivity index (χ4n) is 1.09. The summed E-state index contributed by atoms with van der Waals surface area (Å²) >= 11 is 0. The van der Waals surface area contributed by atoms with Crippen molar-refractivity contribution in [1.29, 1.82) is 0 Å². The summed E-state index contributed by atoms with van der Waals surface area (Å²) in [6.07, 6.45) is 2.46. The standard InChI is InChI=1S/C11H14O2/c1-4-5-9-6-7-10(12-2)11(8-9)13-3/h4,6-8H,1,5H2,2-3H3/i2D3. The van der Waals surface area contributed by atoms with Gasteiger partial charge in [-0.05, 0) is 24.1 Å². The van der Waals surface area contributed by atoms with Crippen LogP contribution in [0.25, 0.3) is 0 Å². The first-order chi connectivity index (χ1) is 7.46. The second-order valence-electron chi connectivity index (χ2n) is 2.58. The van der Waals surface area contributed by atoms with Crippen LogP contribution in [0, 0.1) is 0 Å². The van der Waals surface area contributed by atoms with Crippen LogP contribution in [0.3, 0.4) is 0 Å². The van der Waals surface area contributed by atoms with Gasteiger partial charge in [0.2, 0.25) is 0 Å². The number of hydrogen-bond donors (Lipinski definition) is 0. The van der Waals surface area contributed by atoms with Crippen molar-refractivity contribution in [2.24, 2.45) is 0 Å². The lowest BCUT2D eigenvalue weighted by Crippen LogP contribution is -1.91. The average Bonchev–Trinajstić information content (AvgIpc) is 2.18. The van der Waals surface area contributed by atoms with Crippen LogP contribution in [0.5, 0.6) is 11.5 Å². The van der Waals surface area contributed by atoms with Crippen LogP contribution in [0.4, 0.5) is 0 Å². The molecule has 0 amide bonds. The fraction of sp³-hybridized carbons (Fsp3) is 0.273. The molecule has 0 unspecified atom stereocenters. The molecule has 13 heavy (non-hydrogen) atoms. The molecule has 0 fully saturated rings. The first kappa shape index (κ1) is 6.08. The Bertz CT molecular complexity index is 372. The van der Waals surface area contributed by atoms with Gasteiger partial charge in [0.15, 0.2) is 11.5 Å². The highest BCUT2D eigenvalue weighted by molar-refractivity contribution is 5.43. The second kappa shape index (κ2) is 4.55. The molecule has 0 spiro atoms. The first-order valence-electron chi connectivity index (χ1n) is 5.43. The van der Waals surface area contributed by atoms with Crippen LogP contribution in [0.15, 0.2) is 30.9 Å². The highest BCUT2D eigenvalue weighted by atomic mass is 16.5. The van der Waals surface area contributed by atoms with Crippen molar-refractivity contribution >= 4 is 0 Å². The monoisotopic (exact) mass is 181 g/mol. The van der Waals surface area contributed by atoms with E-state index in [-0.39, 0.29) is 5.75 Å². The third-order valence-corrected chi connectivity index (χ3v) is 1.72. The van der Waals surface area contributed by atoms with Crippen LogP contribution in [-0.2, 0) is 6.42 Å². The Hall–Kier alpha value is -1.44. The number of methoxy groups -OCH3 is 2. The van der Waals surface area contributed by atoms with Crippen molar-refractivity contribution in [3.63, 3.8) is 0 Å². The van der Waals surface area contributed by atoms with Gasteiger partial charge in [-0.2, -0.15) is 0 Å². The topological polar surface area (TPSA) is 18.5 Å². The van der Waals surface area contributed by atoms with Gasteiger partial charge in [0.25, 0.3) is 0 Å². The maximum absolute atomic E-state index is 7.02. The average molecular weight is 181 g/mol. The third kappa shape index (κ3) is 2.25. The number of rotatable bonds is 4. The molecule has 1 aromatic carbocycles. The molecule has 1 aromatic rings. The molecule has 0 atom stereocenters. The Morgan fingerprint density at radius 3 is 2.92 bits per heavy atom. The number of ether oxygens (including phenoxy) is 2. The minimum absolute atomic E-state index is 0.218. The summed E-state index contributed by atoms with van der Waals surface area (Å²) in [4.78, 5) is 0. The Morgan fingerprint density at radius 2 is 2.31 bits per heavy atom. The minimum atomic E-state index is -2.47. The maximum atomic E-state index is 7.02. The van der Waals surface area contributed by atoms with Gasteiger partial charge in [0.05, 0.1) is 18.3 Å². The molecule has 0 heterocycles. The lowest BCUT2D eigenvalue weighted by Gasteiger charge is -2.08. The van der Waals surface area contributed by atoms with E-state index in [1.54, 1.807) is 24.3 Å². The summed E-state index contributed by atoms with van der Waals surface area (Å²) in [7, 11) is -0.993. The third-order valence-electron chi connectivity index (χ3n) is 1.72. The van der Waals surface area contributed by atoms with Crippen LogP contribution in [0.1, 0.15) is 9.68 Å². The van der Waals surface area contributed by atoms with E-state index in [1.165, 1.54) is 7.11 Å². The van der Waals surface area contributed by atoms with E-state index in [0.717, 1.165) is 5.56 Å². The van der Waals surface area contributed by atoms with Crippen LogP contribution < -0.4 is 9.47 Å². The van der Waals surface area contributed by atoms with Crippen molar-refractivity contribution in [2.45, 2.75) is 6.42 Å². The Kier molecular flexibility index (Phi) is 2.13. The quantitative estimate of drug-likeness (QED) is 0.664. The molecule has 0 saturated carbocycles. The number of allylic oxidation sites excluding steroid dienone is 1. The van der Waals surface area contributed by atoms with E-state index in [1.807, 2.05) is 0 Å². The molecular weight excluding hydrogens is 164 g/mol. The van der Waals surface area contributed by atoms with Crippen LogP contribution >= 0.6 is 0 Å². The van der Waals surface area contributed by atoms with Gasteiger partial charge in [-0.3, -0.25) is 0 Å². The summed E-state index contributed by atoms with van der Waals surface area (Å²) in [5.41, 5.74) is 0.991. The highest BCUT2D eigenvalue weighted by Gasteiger charge is 2.02. The predicted octanol–water partition coefficient (Wildman–Crippen LogP) is 2.43. The molecule has 1 rings (SSSR count). The molecule has 70 valence electrons. The van der Waals surface area contributed by atoms with E-state index < -0.39 is 7.04 Å². The minimum Gasteiger partial charge on any atom is -0.493 e. The van der Waals surface area contributed by atoms with Crippen molar-refractivity contribution < 1.29 is 13.6 Å². The van der Waals surface area contributed by atoms with E-state index in [2.05, 4.69) is 6.58 Å². The molecule has 2 heteroatoms. The molecule has 0 aliphatic rings. The lowest BCUT2D eigenvalue weighted by molar-refractivity contribution is 0.354. The van der Waals surface area contributed by atoms with Crippen LogP contribution in [-0.4, -0.2) is 14.1 Å². The predicted molar refractivity (Wildman–Crippen MR) is 53.4 cm³/mol. The molecule has 0 saturated heterocycles. The number of hydrogen-bond acceptors (Lipinski definition) is 2. The second-order valence-corrected chi connectivity index (χ2v) is 2.58. The van der Waals surface area contributed by atoms with Crippen molar-refractivity contribution in [2.75, 3.05) is 14.1 Å². The fourth-order valence-corrected chi connectivity index (χ4v) is 1.09. The maximum Gasteiger partial charge on any atom is 0.160 e. The Balaban J connectivity index is 2.97. The zero-order valence-corrected chi connectivity index (χ0v) is 7.54. The lowest BCUT2D eigenvalue weighted by atomic mass is 10.1. The van der Waals surface area contributed by atoms with E-state index in [4.69, 9.17) is 13.6 Å². The Labute approximate surface area is 83.0 Å². The molecular formula is C11H14O2. The summed E-state index contributed by atoms with van der Waals surface area (Å²) < 4.78 is 30.9. The largest absolute Gasteiger partial charge is 0.493 e. The summed E-state index contributed by atoms with van der Waals surface area (Å²) in [6.45, 7) is 3.63. The normalized spacial score (nSPS) is 13.8. The van der Waals surface area contributed by atoms with Gasteiger partial charge in [-0.15, -0.1) is 6.58 Å². The van der Waals surface area contributed by atoms with Gasteiger partial charge >= 0.3 is 0 Å². The summed E-state index contributed by atoms with van der Waals surface area (Å²) in [6, 6.07) is 5.11. The van der Waals surface area contributed by atoms with E-state index >= 15 is 0 Å². The zero-order chi connectivity index (χ0) is 12.2. The molecule has 2 nitrogen and oxygen atoms in total. The van der Waals surface area contributed by atoms with Crippen LogP contribution in [0.2, 0.25) is 0 Å². The van der Waals surface area contributed by atoms with Gasteiger partial charge in [0, 0.05) is 0 Å². The van der Waals surface area contributed by atoms with Gasteiger partial charge < -0.3 is 9.47 Å². The van der Waals surface area contributed by atoms with Crippen molar-refractivity contribution in [3.8, 4) is 11.5 Å². The molecule has 0 radical (unpaired) electrons. The SMILES string of the molecule is [2H]C([2H])([2H])Oc1ccc(CC=C)cc1OC. The Morgan fingerprint density at radius 1 is 1.46 bits per heavy atom. The molecule has 0 bridgehead atoms. The number of benzene rings is 1. The molecule has 0 N–H and O–H groups in total. The van der Waals surface area contributed by atoms with Crippen molar-refractivity contribution in [1.82, 2.24) is 0 Å². The molecule has 0 aromatic heterocycles. The zero-order valence-electron chi connectivity index (χ0n) is 10.5. The molecule has 0 aliphatic heterocycles. The van der Waals surface area contributed by atoms with E-state index in [0.29, 0.717) is 12.2 Å². The summed E-state index contributed by atoms with van der Waals surface area (Å²) in [5.74, 6) is 0.630. The highest BCUT2D eigenvalue weighted by Crippen LogP contribution is 2.27. The van der Waals surface area contributed by atoms with Gasteiger partial charge in [-0.25, -0.2) is 0 Å². The molecule has 0 aliphatic carbocycles. The van der Waals surface area contributed by atoms with Gasteiger partial charge in [0.1, 0.15) is 0 Å².